The highest BCUT2D eigenvalue weighted by atomic mass is 16.4. The van der Waals surface area contributed by atoms with Crippen LogP contribution in [0.2, 0.25) is 0 Å². The molecular formula is C17H12N2O4. The molecule has 1 aromatic heterocycles. The first-order valence-corrected chi connectivity index (χ1v) is 7.04. The molecule has 0 bridgehead atoms. The monoisotopic (exact) mass is 308 g/mol. The van der Waals surface area contributed by atoms with Gasteiger partial charge < -0.3 is 20.5 Å². The number of fused-ring (bicyclic) bond motifs is 2. The number of carboxylic acids is 1. The Hall–Kier alpha value is -3.28. The van der Waals surface area contributed by atoms with Gasteiger partial charge in [0, 0.05) is 34.3 Å². The number of nitrogens with one attached hydrogen (secondary N) is 2. The fourth-order valence-corrected chi connectivity index (χ4v) is 2.97. The van der Waals surface area contributed by atoms with Crippen molar-refractivity contribution >= 4 is 22.8 Å². The van der Waals surface area contributed by atoms with Crippen molar-refractivity contribution < 1.29 is 19.8 Å². The van der Waals surface area contributed by atoms with Crippen LogP contribution in [0.1, 0.15) is 26.3 Å². The smallest absolute Gasteiger partial charge is 0.335 e. The molecule has 6 heteroatoms. The first-order chi connectivity index (χ1) is 11.0. The maximum atomic E-state index is 12.1. The number of carboxylic acid groups (broad SMARTS) is 1. The zero-order valence-electron chi connectivity index (χ0n) is 11.9. The third-order valence-corrected chi connectivity index (χ3v) is 4.10. The van der Waals surface area contributed by atoms with Gasteiger partial charge in [-0.1, -0.05) is 0 Å². The van der Waals surface area contributed by atoms with Crippen LogP contribution in [0.4, 0.5) is 0 Å². The van der Waals surface area contributed by atoms with E-state index in [0.717, 1.165) is 10.9 Å². The van der Waals surface area contributed by atoms with Crippen molar-refractivity contribution in [2.45, 2.75) is 6.54 Å². The summed E-state index contributed by atoms with van der Waals surface area (Å²) in [5.74, 6) is -1.12. The van der Waals surface area contributed by atoms with Crippen LogP contribution in [-0.4, -0.2) is 27.1 Å². The predicted molar refractivity (Wildman–Crippen MR) is 83.5 cm³/mol. The summed E-state index contributed by atoms with van der Waals surface area (Å²) in [6, 6.07) is 9.85. The maximum Gasteiger partial charge on any atom is 0.335 e. The van der Waals surface area contributed by atoms with Crippen molar-refractivity contribution in [3.63, 3.8) is 0 Å². The molecule has 4 N–H and O–H groups in total. The van der Waals surface area contributed by atoms with Crippen LogP contribution in [0, 0.1) is 0 Å². The number of hydrogen-bond acceptors (Lipinski definition) is 3. The van der Waals surface area contributed by atoms with Gasteiger partial charge in [0.15, 0.2) is 0 Å². The highest BCUT2D eigenvalue weighted by Crippen LogP contribution is 2.35. The molecule has 6 nitrogen and oxygen atoms in total. The first kappa shape index (κ1) is 13.4. The summed E-state index contributed by atoms with van der Waals surface area (Å²) < 4.78 is 0. The number of carbonyl (C=O) groups excluding carboxylic acids is 1. The lowest BCUT2D eigenvalue weighted by molar-refractivity contribution is 0.0696. The van der Waals surface area contributed by atoms with Crippen molar-refractivity contribution in [1.82, 2.24) is 10.3 Å². The zero-order valence-corrected chi connectivity index (χ0v) is 11.9. The number of aromatic nitrogens is 1. The molecule has 114 valence electrons. The molecule has 3 aromatic rings. The average molecular weight is 308 g/mol. The minimum Gasteiger partial charge on any atom is -0.508 e. The number of hydrogen-bond donors (Lipinski definition) is 4. The SMILES string of the molecule is O=C(O)c1ccc2[nH]c(-c3ccc(O)c4c3C(=O)NC4)cc2c1. The van der Waals surface area contributed by atoms with Crippen LogP contribution >= 0.6 is 0 Å². The molecule has 0 saturated carbocycles. The van der Waals surface area contributed by atoms with Crippen LogP contribution in [-0.2, 0) is 6.54 Å². The number of aromatic hydroxyl groups is 1. The van der Waals surface area contributed by atoms with Gasteiger partial charge in [0.05, 0.1) is 11.1 Å². The predicted octanol–water partition coefficient (Wildman–Crippen LogP) is 2.48. The van der Waals surface area contributed by atoms with Crippen molar-refractivity contribution in [3.8, 4) is 17.0 Å². The van der Waals surface area contributed by atoms with E-state index >= 15 is 0 Å². The second-order valence-corrected chi connectivity index (χ2v) is 5.46. The lowest BCUT2D eigenvalue weighted by Crippen LogP contribution is -2.13. The van der Waals surface area contributed by atoms with E-state index < -0.39 is 5.97 Å². The van der Waals surface area contributed by atoms with Crippen LogP contribution in [0.15, 0.2) is 36.4 Å². The average Bonchev–Trinajstić information content (AvgIpc) is 3.11. The van der Waals surface area contributed by atoms with Gasteiger partial charge in [0.1, 0.15) is 5.75 Å². The van der Waals surface area contributed by atoms with Crippen LogP contribution in [0.25, 0.3) is 22.2 Å². The van der Waals surface area contributed by atoms with E-state index in [4.69, 9.17) is 5.11 Å². The topological polar surface area (TPSA) is 102 Å². The summed E-state index contributed by atoms with van der Waals surface area (Å²) in [5.41, 5.74) is 3.41. The van der Waals surface area contributed by atoms with Gasteiger partial charge in [-0.25, -0.2) is 4.79 Å². The Labute approximate surface area is 130 Å². The Bertz CT molecular complexity index is 988. The fraction of sp³-hybridized carbons (Fsp3) is 0.0588. The van der Waals surface area contributed by atoms with Crippen LogP contribution < -0.4 is 5.32 Å². The second-order valence-electron chi connectivity index (χ2n) is 5.46. The normalized spacial score (nSPS) is 13.1. The van der Waals surface area contributed by atoms with Gasteiger partial charge in [-0.05, 0) is 36.4 Å². The van der Waals surface area contributed by atoms with Crippen LogP contribution in [0.5, 0.6) is 5.75 Å². The molecule has 0 atom stereocenters. The van der Waals surface area contributed by atoms with Gasteiger partial charge in [0.25, 0.3) is 5.91 Å². The first-order valence-electron chi connectivity index (χ1n) is 7.04. The van der Waals surface area contributed by atoms with E-state index in [-0.39, 0.29) is 17.2 Å². The van der Waals surface area contributed by atoms with Gasteiger partial charge >= 0.3 is 5.97 Å². The Balaban J connectivity index is 1.92. The third kappa shape index (κ3) is 1.96. The number of aromatic amines is 1. The van der Waals surface area contributed by atoms with Gasteiger partial charge in [-0.3, -0.25) is 4.79 Å². The Morgan fingerprint density at radius 3 is 2.74 bits per heavy atom. The molecule has 0 aliphatic carbocycles. The standard InChI is InChI=1S/C17H12N2O4/c20-14-4-2-10(15-11(14)7-18-16(15)21)13-6-9-5-8(17(22)23)1-3-12(9)19-13/h1-6,19-20H,7H2,(H,18,21)(H,22,23). The second kappa shape index (κ2) is 4.61. The molecule has 1 amide bonds. The van der Waals surface area contributed by atoms with E-state index in [9.17, 15) is 14.7 Å². The van der Waals surface area contributed by atoms with E-state index in [1.54, 1.807) is 30.3 Å². The number of phenolic OH excluding ortho intramolecular Hbond substituents is 1. The lowest BCUT2D eigenvalue weighted by atomic mass is 9.99. The molecule has 1 aliphatic heterocycles. The number of benzene rings is 2. The minimum atomic E-state index is -0.987. The molecule has 1 aliphatic rings. The Kier molecular flexibility index (Phi) is 2.68. The lowest BCUT2D eigenvalue weighted by Gasteiger charge is -2.06. The Morgan fingerprint density at radius 1 is 1.13 bits per heavy atom. The molecule has 23 heavy (non-hydrogen) atoms. The van der Waals surface area contributed by atoms with Crippen molar-refractivity contribution in [3.05, 3.63) is 53.1 Å². The summed E-state index contributed by atoms with van der Waals surface area (Å²) in [4.78, 5) is 26.3. The van der Waals surface area contributed by atoms with Gasteiger partial charge in [-0.2, -0.15) is 0 Å². The van der Waals surface area contributed by atoms with Crippen molar-refractivity contribution in [2.75, 3.05) is 0 Å². The summed E-state index contributed by atoms with van der Waals surface area (Å²) >= 11 is 0. The Morgan fingerprint density at radius 2 is 1.96 bits per heavy atom. The molecule has 2 aromatic carbocycles. The highest BCUT2D eigenvalue weighted by molar-refractivity contribution is 6.06. The molecular weight excluding hydrogens is 296 g/mol. The summed E-state index contributed by atoms with van der Waals surface area (Å²) in [6.07, 6.45) is 0. The summed E-state index contributed by atoms with van der Waals surface area (Å²) in [6.45, 7) is 0.303. The number of rotatable bonds is 2. The van der Waals surface area contributed by atoms with Crippen LogP contribution in [0.3, 0.4) is 0 Å². The number of phenols is 1. The fourth-order valence-electron chi connectivity index (χ4n) is 2.97. The molecule has 0 unspecified atom stereocenters. The third-order valence-electron chi connectivity index (χ3n) is 4.10. The molecule has 0 spiro atoms. The van der Waals surface area contributed by atoms with E-state index in [1.165, 1.54) is 6.07 Å². The molecule has 0 saturated heterocycles. The molecule has 0 fully saturated rings. The molecule has 0 radical (unpaired) electrons. The van der Waals surface area contributed by atoms with E-state index in [2.05, 4.69) is 10.3 Å². The molecule has 4 rings (SSSR count). The van der Waals surface area contributed by atoms with Gasteiger partial charge in [-0.15, -0.1) is 0 Å². The number of aromatic carboxylic acids is 1. The summed E-state index contributed by atoms with van der Waals surface area (Å²) in [7, 11) is 0. The quantitative estimate of drug-likeness (QED) is 0.584. The van der Waals surface area contributed by atoms with E-state index in [0.29, 0.717) is 28.9 Å². The van der Waals surface area contributed by atoms with Gasteiger partial charge in [0.2, 0.25) is 0 Å². The highest BCUT2D eigenvalue weighted by Gasteiger charge is 2.26. The minimum absolute atomic E-state index is 0.0892. The maximum absolute atomic E-state index is 12.1. The summed E-state index contributed by atoms with van der Waals surface area (Å²) in [5, 5.41) is 22.4. The largest absolute Gasteiger partial charge is 0.508 e. The number of carbonyl (C=O) groups is 2. The van der Waals surface area contributed by atoms with Crippen molar-refractivity contribution in [1.29, 1.82) is 0 Å². The number of amides is 1. The molecule has 2 heterocycles. The van der Waals surface area contributed by atoms with Crippen molar-refractivity contribution in [2.24, 2.45) is 0 Å². The number of H-pyrrole nitrogens is 1. The zero-order chi connectivity index (χ0) is 16.1. The van der Waals surface area contributed by atoms with E-state index in [1.807, 2.05) is 0 Å².